The standard InChI is InChI=1S/C22H29NO2S/c1-5-18-10-12-21(13-11-18)26(24,25)23-17(4)20(14-16(2)3)15-19-8-6-7-9-22(19)23/h6-13,16-17,20H,5,14-15H2,1-4H3. The summed E-state index contributed by atoms with van der Waals surface area (Å²) in [6.07, 6.45) is 2.87. The van der Waals surface area contributed by atoms with Crippen LogP contribution in [0.25, 0.3) is 0 Å². The fourth-order valence-electron chi connectivity index (χ4n) is 4.01. The molecule has 0 fully saturated rings. The van der Waals surface area contributed by atoms with E-state index in [1.54, 1.807) is 16.4 Å². The van der Waals surface area contributed by atoms with Crippen LogP contribution >= 0.6 is 0 Å². The molecule has 0 spiro atoms. The first-order valence-electron chi connectivity index (χ1n) is 9.55. The van der Waals surface area contributed by atoms with Gasteiger partial charge in [-0.2, -0.15) is 0 Å². The molecule has 2 atom stereocenters. The van der Waals surface area contributed by atoms with Crippen molar-refractivity contribution in [2.24, 2.45) is 11.8 Å². The number of rotatable bonds is 5. The molecule has 0 N–H and O–H groups in total. The van der Waals surface area contributed by atoms with E-state index in [0.29, 0.717) is 16.7 Å². The molecule has 4 heteroatoms. The lowest BCUT2D eigenvalue weighted by Gasteiger charge is -2.41. The summed E-state index contributed by atoms with van der Waals surface area (Å²) < 4.78 is 28.7. The molecular formula is C22H29NO2S. The summed E-state index contributed by atoms with van der Waals surface area (Å²) in [6.45, 7) is 8.54. The van der Waals surface area contributed by atoms with Crippen molar-refractivity contribution in [3.63, 3.8) is 0 Å². The number of nitrogens with zero attached hydrogens (tertiary/aromatic N) is 1. The van der Waals surface area contributed by atoms with E-state index in [4.69, 9.17) is 0 Å². The van der Waals surface area contributed by atoms with Crippen LogP contribution in [0.1, 0.15) is 45.2 Å². The van der Waals surface area contributed by atoms with Gasteiger partial charge in [0.1, 0.15) is 0 Å². The van der Waals surface area contributed by atoms with Gasteiger partial charge in [0, 0.05) is 6.04 Å². The molecule has 1 heterocycles. The van der Waals surface area contributed by atoms with E-state index in [0.717, 1.165) is 36.1 Å². The van der Waals surface area contributed by atoms with E-state index >= 15 is 0 Å². The van der Waals surface area contributed by atoms with Gasteiger partial charge in [-0.25, -0.2) is 8.42 Å². The molecule has 2 unspecified atom stereocenters. The topological polar surface area (TPSA) is 37.4 Å². The van der Waals surface area contributed by atoms with E-state index in [-0.39, 0.29) is 6.04 Å². The van der Waals surface area contributed by atoms with Crippen molar-refractivity contribution in [3.05, 3.63) is 59.7 Å². The molecule has 26 heavy (non-hydrogen) atoms. The summed E-state index contributed by atoms with van der Waals surface area (Å²) in [6, 6.07) is 15.2. The summed E-state index contributed by atoms with van der Waals surface area (Å²) in [5, 5.41) is 0. The molecule has 2 aromatic carbocycles. The number of hydrogen-bond donors (Lipinski definition) is 0. The predicted molar refractivity (Wildman–Crippen MR) is 108 cm³/mol. The highest BCUT2D eigenvalue weighted by Gasteiger charge is 2.38. The lowest BCUT2D eigenvalue weighted by atomic mass is 9.82. The van der Waals surface area contributed by atoms with Crippen LogP contribution in [0.15, 0.2) is 53.4 Å². The first-order chi connectivity index (χ1) is 12.3. The number of benzene rings is 2. The molecule has 1 aliphatic rings. The van der Waals surface area contributed by atoms with Gasteiger partial charge in [-0.05, 0) is 67.3 Å². The zero-order valence-electron chi connectivity index (χ0n) is 16.1. The summed E-state index contributed by atoms with van der Waals surface area (Å²) in [5.41, 5.74) is 3.11. The van der Waals surface area contributed by atoms with Gasteiger partial charge >= 0.3 is 0 Å². The van der Waals surface area contributed by atoms with E-state index in [1.165, 1.54) is 0 Å². The fourth-order valence-corrected chi connectivity index (χ4v) is 5.76. The van der Waals surface area contributed by atoms with Crippen LogP contribution in [-0.4, -0.2) is 14.5 Å². The van der Waals surface area contributed by atoms with E-state index in [2.05, 4.69) is 33.8 Å². The largest absolute Gasteiger partial charge is 0.264 e. The van der Waals surface area contributed by atoms with Gasteiger partial charge in [0.25, 0.3) is 10.0 Å². The second-order valence-electron chi connectivity index (χ2n) is 7.76. The first kappa shape index (κ1) is 19.0. The molecule has 0 aromatic heterocycles. The van der Waals surface area contributed by atoms with Crippen molar-refractivity contribution >= 4 is 15.7 Å². The van der Waals surface area contributed by atoms with Gasteiger partial charge in [-0.15, -0.1) is 0 Å². The summed E-state index contributed by atoms with van der Waals surface area (Å²) >= 11 is 0. The van der Waals surface area contributed by atoms with E-state index in [1.807, 2.05) is 30.3 Å². The minimum absolute atomic E-state index is 0.0526. The van der Waals surface area contributed by atoms with Crippen molar-refractivity contribution in [2.75, 3.05) is 4.31 Å². The molecule has 0 saturated heterocycles. The zero-order valence-corrected chi connectivity index (χ0v) is 17.0. The molecule has 0 saturated carbocycles. The van der Waals surface area contributed by atoms with E-state index in [9.17, 15) is 8.42 Å². The molecule has 3 rings (SSSR count). The Morgan fingerprint density at radius 3 is 2.35 bits per heavy atom. The minimum Gasteiger partial charge on any atom is -0.263 e. The molecular weight excluding hydrogens is 342 g/mol. The highest BCUT2D eigenvalue weighted by atomic mass is 32.2. The maximum Gasteiger partial charge on any atom is 0.264 e. The first-order valence-corrected chi connectivity index (χ1v) is 11.0. The average molecular weight is 372 g/mol. The smallest absolute Gasteiger partial charge is 0.263 e. The monoisotopic (exact) mass is 371 g/mol. The van der Waals surface area contributed by atoms with Crippen LogP contribution in [0.4, 0.5) is 5.69 Å². The van der Waals surface area contributed by atoms with Crippen molar-refractivity contribution in [2.45, 2.75) is 57.9 Å². The molecule has 0 bridgehead atoms. The number of fused-ring (bicyclic) bond motifs is 1. The number of para-hydroxylation sites is 1. The third kappa shape index (κ3) is 3.52. The molecule has 0 amide bonds. The Bertz CT molecular complexity index is 856. The Hall–Kier alpha value is -1.81. The minimum atomic E-state index is -3.58. The maximum absolute atomic E-state index is 13.5. The highest BCUT2D eigenvalue weighted by Crippen LogP contribution is 2.39. The van der Waals surface area contributed by atoms with Crippen molar-refractivity contribution in [1.29, 1.82) is 0 Å². The Balaban J connectivity index is 2.07. The molecule has 0 aliphatic carbocycles. The molecule has 3 nitrogen and oxygen atoms in total. The van der Waals surface area contributed by atoms with Crippen LogP contribution in [0.3, 0.4) is 0 Å². The molecule has 0 radical (unpaired) electrons. The summed E-state index contributed by atoms with van der Waals surface area (Å²) in [5.74, 6) is 0.871. The third-order valence-electron chi connectivity index (χ3n) is 5.43. The second-order valence-corrected chi connectivity index (χ2v) is 9.58. The average Bonchev–Trinajstić information content (AvgIpc) is 2.61. The summed E-state index contributed by atoms with van der Waals surface area (Å²) in [4.78, 5) is 0.376. The second kappa shape index (κ2) is 7.43. The van der Waals surface area contributed by atoms with Gasteiger partial charge < -0.3 is 0 Å². The SMILES string of the molecule is CCc1ccc(S(=O)(=O)N2c3ccccc3CC(CC(C)C)C2C)cc1. The Kier molecular flexibility index (Phi) is 5.42. The van der Waals surface area contributed by atoms with Gasteiger partial charge in [-0.3, -0.25) is 4.31 Å². The van der Waals surface area contributed by atoms with Crippen LogP contribution in [0, 0.1) is 11.8 Å². The third-order valence-corrected chi connectivity index (χ3v) is 7.34. The summed E-state index contributed by atoms with van der Waals surface area (Å²) in [7, 11) is -3.58. The van der Waals surface area contributed by atoms with Crippen LogP contribution in [0.5, 0.6) is 0 Å². The Morgan fingerprint density at radius 2 is 1.73 bits per heavy atom. The normalized spacial score (nSPS) is 20.3. The fraction of sp³-hybridized carbons (Fsp3) is 0.455. The van der Waals surface area contributed by atoms with Crippen LogP contribution < -0.4 is 4.31 Å². The Labute approximate surface area is 158 Å². The van der Waals surface area contributed by atoms with E-state index < -0.39 is 10.0 Å². The van der Waals surface area contributed by atoms with Crippen molar-refractivity contribution < 1.29 is 8.42 Å². The predicted octanol–water partition coefficient (Wildman–Crippen LogP) is 5.05. The van der Waals surface area contributed by atoms with Crippen molar-refractivity contribution in [1.82, 2.24) is 0 Å². The lowest BCUT2D eigenvalue weighted by molar-refractivity contribution is 0.347. The number of hydrogen-bond acceptors (Lipinski definition) is 2. The van der Waals surface area contributed by atoms with Gasteiger partial charge in [-0.1, -0.05) is 51.1 Å². The van der Waals surface area contributed by atoms with Crippen LogP contribution in [0.2, 0.25) is 0 Å². The Morgan fingerprint density at radius 1 is 1.08 bits per heavy atom. The molecule has 2 aromatic rings. The molecule has 140 valence electrons. The highest BCUT2D eigenvalue weighted by molar-refractivity contribution is 7.92. The number of sulfonamides is 1. The number of aryl methyl sites for hydroxylation is 1. The lowest BCUT2D eigenvalue weighted by Crippen LogP contribution is -2.47. The quantitative estimate of drug-likeness (QED) is 0.737. The zero-order chi connectivity index (χ0) is 18.9. The van der Waals surface area contributed by atoms with Gasteiger partial charge in [0.05, 0.1) is 10.6 Å². The van der Waals surface area contributed by atoms with Crippen LogP contribution in [-0.2, 0) is 22.9 Å². The van der Waals surface area contributed by atoms with Crippen molar-refractivity contribution in [3.8, 4) is 0 Å². The molecule has 1 aliphatic heterocycles. The number of anilines is 1. The van der Waals surface area contributed by atoms with Gasteiger partial charge in [0.15, 0.2) is 0 Å². The van der Waals surface area contributed by atoms with Gasteiger partial charge in [0.2, 0.25) is 0 Å². The maximum atomic E-state index is 13.5.